The molecule has 1 aromatic heterocycles. The Bertz CT molecular complexity index is 2320. The molecule has 0 radical (unpaired) electrons. The Labute approximate surface area is 373 Å². The summed E-state index contributed by atoms with van der Waals surface area (Å²) in [6.45, 7) is 12.9. The molecular formula is C45H62N2NaO9S2+. The minimum absolute atomic E-state index is 0. The van der Waals surface area contributed by atoms with Gasteiger partial charge in [-0.1, -0.05) is 91.4 Å². The van der Waals surface area contributed by atoms with E-state index >= 15 is 0 Å². The van der Waals surface area contributed by atoms with E-state index in [1.54, 1.807) is 12.2 Å². The molecule has 0 unspecified atom stereocenters. The third kappa shape index (κ3) is 16.0. The summed E-state index contributed by atoms with van der Waals surface area (Å²) >= 11 is 0. The van der Waals surface area contributed by atoms with Gasteiger partial charge in [-0.2, -0.15) is 0 Å². The van der Waals surface area contributed by atoms with E-state index in [4.69, 9.17) is 8.83 Å². The van der Waals surface area contributed by atoms with E-state index in [1.807, 2.05) is 73.9 Å². The summed E-state index contributed by atoms with van der Waals surface area (Å²) < 4.78 is 71.6. The standard InChI is InChI=1S/C45H62N2O9S2.Na/c1-7-9-11-15-25-46(26-16-12-10-8-2)36-22-24-38-41(33-36)56-44(49)39(43(38)48)20-14-13-19-34-31-42(45(3,4)5)55-40-32-35(21-23-37(34)40)47(27-17-29-57(6,50)51)28-18-30-58(52,53)54;/h13-14,19-24,31-33H,7-12,15-18,25-30H2,1-6H3,(H,52,53,54);/q;+1. The van der Waals surface area contributed by atoms with E-state index in [1.165, 1.54) is 50.9 Å². The van der Waals surface area contributed by atoms with Crippen LogP contribution in [0.1, 0.15) is 116 Å². The first-order chi connectivity index (χ1) is 27.4. The maximum absolute atomic E-state index is 13.2. The van der Waals surface area contributed by atoms with Crippen molar-refractivity contribution in [2.24, 2.45) is 0 Å². The van der Waals surface area contributed by atoms with Gasteiger partial charge in [-0.25, -0.2) is 26.2 Å². The Balaban J connectivity index is 0.00000930. The zero-order valence-electron chi connectivity index (χ0n) is 36.1. The van der Waals surface area contributed by atoms with Gasteiger partial charge in [0.25, 0.3) is 0 Å². The van der Waals surface area contributed by atoms with Crippen molar-refractivity contribution < 1.29 is 64.9 Å². The van der Waals surface area contributed by atoms with Gasteiger partial charge in [0.2, 0.25) is 5.36 Å². The molecule has 0 fully saturated rings. The number of aromatic hydroxyl groups is 1. The van der Waals surface area contributed by atoms with Crippen LogP contribution in [0.3, 0.4) is 0 Å². The van der Waals surface area contributed by atoms with Crippen LogP contribution in [-0.2, 0) is 25.4 Å². The number of rotatable bonds is 22. The number of allylic oxidation sites excluding steroid dienone is 2. The summed E-state index contributed by atoms with van der Waals surface area (Å²) in [4.78, 5) is 15.6. The van der Waals surface area contributed by atoms with Crippen LogP contribution in [0.15, 0.2) is 68.2 Å². The Morgan fingerprint density at radius 3 is 2.02 bits per heavy atom. The summed E-state index contributed by atoms with van der Waals surface area (Å²) in [5, 5.41) is 12.4. The molecule has 0 atom stereocenters. The molecular weight excluding hydrogens is 800 g/mol. The molecule has 0 amide bonds. The number of anilines is 1. The van der Waals surface area contributed by atoms with E-state index in [-0.39, 0.29) is 65.0 Å². The maximum atomic E-state index is 13.2. The van der Waals surface area contributed by atoms with E-state index in [9.17, 15) is 31.3 Å². The monoisotopic (exact) mass is 861 g/mol. The molecule has 1 N–H and O–H groups in total. The van der Waals surface area contributed by atoms with Gasteiger partial charge >= 0.3 is 35.2 Å². The van der Waals surface area contributed by atoms with Crippen LogP contribution in [0.4, 0.5) is 5.69 Å². The summed E-state index contributed by atoms with van der Waals surface area (Å²) in [6.07, 6.45) is 17.7. The molecule has 0 bridgehead atoms. The van der Waals surface area contributed by atoms with Crippen LogP contribution in [0.5, 0.6) is 5.75 Å². The minimum atomic E-state index is -4.41. The second-order valence-corrected chi connectivity index (χ2v) is 20.0. The normalized spacial score (nSPS) is 13.1. The van der Waals surface area contributed by atoms with E-state index < -0.39 is 31.3 Å². The fourth-order valence-corrected chi connectivity index (χ4v) is 8.03. The number of sulfone groups is 1. The number of nitrogens with zero attached hydrogens (tertiary/aromatic N) is 2. The Kier molecular flexibility index (Phi) is 19.7. The minimum Gasteiger partial charge on any atom is -0.748 e. The molecule has 2 heterocycles. The molecule has 1 aliphatic carbocycles. The average Bonchev–Trinajstić information content (AvgIpc) is 3.14. The first-order valence-electron chi connectivity index (χ1n) is 20.6. The summed E-state index contributed by atoms with van der Waals surface area (Å²) in [7, 11) is -7.61. The van der Waals surface area contributed by atoms with Crippen LogP contribution >= 0.6 is 0 Å². The Morgan fingerprint density at radius 1 is 0.797 bits per heavy atom. The van der Waals surface area contributed by atoms with Crippen LogP contribution in [0.25, 0.3) is 34.4 Å². The fraction of sp³-hybridized carbons (Fsp3) is 0.511. The van der Waals surface area contributed by atoms with E-state index in [0.717, 1.165) is 42.7 Å². The van der Waals surface area contributed by atoms with Gasteiger partial charge in [0.05, 0.1) is 27.3 Å². The molecule has 1 aromatic carbocycles. The van der Waals surface area contributed by atoms with Crippen molar-refractivity contribution >= 4 is 48.8 Å². The van der Waals surface area contributed by atoms with Crippen molar-refractivity contribution in [3.8, 4) is 17.1 Å². The van der Waals surface area contributed by atoms with E-state index in [0.29, 0.717) is 40.8 Å². The largest absolute Gasteiger partial charge is 1.00 e. The van der Waals surface area contributed by atoms with Gasteiger partial charge in [0.15, 0.2) is 0 Å². The summed E-state index contributed by atoms with van der Waals surface area (Å²) in [6, 6.07) is 13.2. The second kappa shape index (κ2) is 23.1. The number of unbranched alkanes of at least 4 members (excludes halogenated alkanes) is 6. The first kappa shape index (κ1) is 50.2. The quantitative estimate of drug-likeness (QED) is 0.0273. The number of hydrogen-bond donors (Lipinski definition) is 1. The van der Waals surface area contributed by atoms with Gasteiger partial charge in [0, 0.05) is 66.7 Å². The first-order valence-corrected chi connectivity index (χ1v) is 24.2. The zero-order valence-corrected chi connectivity index (χ0v) is 39.7. The summed E-state index contributed by atoms with van der Waals surface area (Å²) in [5.41, 5.74) is 1.99. The second-order valence-electron chi connectivity index (χ2n) is 16.2. The third-order valence-electron chi connectivity index (χ3n) is 10.1. The van der Waals surface area contributed by atoms with Crippen LogP contribution < -0.4 is 50.0 Å². The van der Waals surface area contributed by atoms with Crippen molar-refractivity contribution in [3.63, 3.8) is 0 Å². The molecule has 4 rings (SSSR count). The Hall–Kier alpha value is -3.20. The smallest absolute Gasteiger partial charge is 0.748 e. The predicted molar refractivity (Wildman–Crippen MR) is 235 cm³/mol. The zero-order chi connectivity index (χ0) is 42.5. The molecule has 318 valence electrons. The Morgan fingerprint density at radius 2 is 1.42 bits per heavy atom. The van der Waals surface area contributed by atoms with Crippen molar-refractivity contribution in [3.05, 3.63) is 87.3 Å². The number of fused-ring (bicyclic) bond motifs is 2. The van der Waals surface area contributed by atoms with E-state index in [2.05, 4.69) is 18.7 Å². The molecule has 11 nitrogen and oxygen atoms in total. The van der Waals surface area contributed by atoms with Crippen molar-refractivity contribution in [2.75, 3.05) is 48.8 Å². The number of hydrogen-bond acceptors (Lipinski definition) is 10. The summed E-state index contributed by atoms with van der Waals surface area (Å²) in [5.74, 6) is 0.566. The van der Waals surface area contributed by atoms with Crippen molar-refractivity contribution in [1.82, 2.24) is 4.58 Å². The average molecular weight is 862 g/mol. The van der Waals surface area contributed by atoms with Crippen LogP contribution in [0.2, 0.25) is 0 Å². The molecule has 2 aliphatic rings. The van der Waals surface area contributed by atoms with Crippen LogP contribution in [0, 0.1) is 0 Å². The molecule has 0 saturated carbocycles. The van der Waals surface area contributed by atoms with Gasteiger partial charge in [-0.05, 0) is 48.7 Å². The third-order valence-corrected chi connectivity index (χ3v) is 11.9. The number of benzene rings is 2. The van der Waals surface area contributed by atoms with Gasteiger partial charge in [-0.15, -0.1) is 0 Å². The molecule has 1 aliphatic heterocycles. The molecule has 0 spiro atoms. The maximum Gasteiger partial charge on any atom is 1.00 e. The van der Waals surface area contributed by atoms with Crippen LogP contribution in [-0.4, -0.2) is 70.4 Å². The fourth-order valence-electron chi connectivity index (χ4n) is 6.90. The van der Waals surface area contributed by atoms with Gasteiger partial charge < -0.3 is 23.4 Å². The molecule has 59 heavy (non-hydrogen) atoms. The molecule has 0 saturated heterocycles. The van der Waals surface area contributed by atoms with Gasteiger partial charge in [0.1, 0.15) is 51.3 Å². The van der Waals surface area contributed by atoms with Gasteiger partial charge in [-0.3, -0.25) is 0 Å². The SMILES string of the molecule is CCCCCCN(CCCCCC)c1ccc2c(O)c(/C=C/C=C/c3cc(C(C)(C)C)oc4cc(=[N+](CCCS(C)(=O)=O)CCCS(=O)(=O)[O-])ccc3-4)c(=O)oc2c1.[Na+]. The predicted octanol–water partition coefficient (Wildman–Crippen LogP) is 5.33. The molecule has 2 aromatic rings. The van der Waals surface area contributed by atoms with Crippen molar-refractivity contribution in [1.29, 1.82) is 0 Å². The molecule has 14 heteroatoms. The topological polar surface area (TPSA) is 161 Å². The van der Waals surface area contributed by atoms with Crippen molar-refractivity contribution in [2.45, 2.75) is 104 Å².